The van der Waals surface area contributed by atoms with Crippen LogP contribution in [0.25, 0.3) is 0 Å². The van der Waals surface area contributed by atoms with Gasteiger partial charge in [-0.15, -0.1) is 0 Å². The van der Waals surface area contributed by atoms with Gasteiger partial charge in [-0.2, -0.15) is 0 Å². The summed E-state index contributed by atoms with van der Waals surface area (Å²) in [5.41, 5.74) is 2.80. The lowest BCUT2D eigenvalue weighted by Crippen LogP contribution is -2.31. The van der Waals surface area contributed by atoms with Crippen LogP contribution in [0, 0.1) is 5.92 Å². The second-order valence-electron chi connectivity index (χ2n) is 5.49. The van der Waals surface area contributed by atoms with E-state index in [1.54, 1.807) is 0 Å². The molecule has 0 saturated heterocycles. The Labute approximate surface area is 104 Å². The molecule has 1 aliphatic carbocycles. The first-order valence-corrected chi connectivity index (χ1v) is 6.97. The third-order valence-corrected chi connectivity index (χ3v) is 3.90. The minimum absolute atomic E-state index is 0.591. The number of anilines is 1. The van der Waals surface area contributed by atoms with Gasteiger partial charge >= 0.3 is 0 Å². The Bertz CT molecular complexity index is 346. The second-order valence-corrected chi connectivity index (χ2v) is 5.49. The molecule has 0 spiro atoms. The van der Waals surface area contributed by atoms with E-state index < -0.39 is 0 Å². The maximum atomic E-state index is 3.58. The van der Waals surface area contributed by atoms with Gasteiger partial charge in [0.1, 0.15) is 0 Å². The van der Waals surface area contributed by atoms with Crippen LogP contribution in [-0.2, 0) is 6.42 Å². The Balaban J connectivity index is 1.34. The van der Waals surface area contributed by atoms with Gasteiger partial charge in [0.2, 0.25) is 0 Å². The lowest BCUT2D eigenvalue weighted by atomic mass is 10.1. The van der Waals surface area contributed by atoms with Crippen LogP contribution in [0.2, 0.25) is 0 Å². The zero-order valence-electron chi connectivity index (χ0n) is 10.4. The minimum atomic E-state index is 0.591. The van der Waals surface area contributed by atoms with E-state index in [2.05, 4.69) is 34.9 Å². The van der Waals surface area contributed by atoms with Gasteiger partial charge < -0.3 is 10.6 Å². The zero-order valence-corrected chi connectivity index (χ0v) is 10.4. The molecule has 0 bridgehead atoms. The second kappa shape index (κ2) is 5.09. The normalized spacial score (nSPS) is 22.2. The number of hydrogen-bond donors (Lipinski definition) is 2. The molecule has 1 atom stereocenters. The summed E-state index contributed by atoms with van der Waals surface area (Å²) in [5.74, 6) is 1.07. The topological polar surface area (TPSA) is 24.1 Å². The fourth-order valence-electron chi connectivity index (χ4n) is 2.70. The monoisotopic (exact) mass is 230 g/mol. The maximum absolute atomic E-state index is 3.58. The minimum Gasteiger partial charge on any atom is -0.380 e. The number of rotatable bonds is 6. The average molecular weight is 230 g/mol. The van der Waals surface area contributed by atoms with E-state index in [4.69, 9.17) is 0 Å². The summed E-state index contributed by atoms with van der Waals surface area (Å²) < 4.78 is 0. The van der Waals surface area contributed by atoms with Gasteiger partial charge in [0.25, 0.3) is 0 Å². The highest BCUT2D eigenvalue weighted by molar-refractivity contribution is 5.56. The number of para-hydroxylation sites is 1. The molecule has 1 aromatic carbocycles. The van der Waals surface area contributed by atoms with E-state index in [0.717, 1.165) is 12.5 Å². The van der Waals surface area contributed by atoms with E-state index in [1.807, 2.05) is 0 Å². The molecule has 2 heteroatoms. The van der Waals surface area contributed by atoms with Crippen molar-refractivity contribution >= 4 is 5.69 Å². The summed E-state index contributed by atoms with van der Waals surface area (Å²) in [6, 6.07) is 9.24. The van der Waals surface area contributed by atoms with Crippen molar-refractivity contribution in [3.63, 3.8) is 0 Å². The predicted octanol–water partition coefficient (Wildman–Crippen LogP) is 2.80. The largest absolute Gasteiger partial charge is 0.380 e. The fraction of sp³-hybridized carbons (Fsp3) is 0.600. The Morgan fingerprint density at radius 3 is 2.94 bits per heavy atom. The van der Waals surface area contributed by atoms with Gasteiger partial charge in [-0.1, -0.05) is 31.0 Å². The lowest BCUT2D eigenvalue weighted by Gasteiger charge is -2.12. The maximum Gasteiger partial charge on any atom is 0.0427 e. The number of fused-ring (bicyclic) bond motifs is 1. The molecule has 0 aromatic heterocycles. The molecular weight excluding hydrogens is 208 g/mol. The van der Waals surface area contributed by atoms with Crippen LogP contribution >= 0.6 is 0 Å². The molecule has 1 unspecified atom stereocenters. The fourth-order valence-corrected chi connectivity index (χ4v) is 2.70. The SMILES string of the molecule is c1ccc2c(c1)CC(CNCCCC1CC1)N2. The number of benzene rings is 1. The molecule has 1 heterocycles. The zero-order chi connectivity index (χ0) is 11.5. The third kappa shape index (κ3) is 3.01. The Morgan fingerprint density at radius 1 is 1.24 bits per heavy atom. The summed E-state index contributed by atoms with van der Waals surface area (Å²) in [6.07, 6.45) is 6.93. The first-order chi connectivity index (χ1) is 8.42. The van der Waals surface area contributed by atoms with Crippen LogP contribution in [0.1, 0.15) is 31.2 Å². The molecule has 0 radical (unpaired) electrons. The van der Waals surface area contributed by atoms with Crippen molar-refractivity contribution in [2.75, 3.05) is 18.4 Å². The van der Waals surface area contributed by atoms with Gasteiger partial charge in [0.15, 0.2) is 0 Å². The molecule has 3 rings (SSSR count). The molecule has 17 heavy (non-hydrogen) atoms. The van der Waals surface area contributed by atoms with E-state index in [1.165, 1.54) is 49.9 Å². The van der Waals surface area contributed by atoms with Crippen molar-refractivity contribution in [2.24, 2.45) is 5.92 Å². The molecule has 2 nitrogen and oxygen atoms in total. The predicted molar refractivity (Wildman–Crippen MR) is 72.4 cm³/mol. The van der Waals surface area contributed by atoms with Gasteiger partial charge in [-0.3, -0.25) is 0 Å². The van der Waals surface area contributed by atoms with Crippen LogP contribution in [0.15, 0.2) is 24.3 Å². The summed E-state index contributed by atoms with van der Waals surface area (Å²) in [7, 11) is 0. The molecule has 1 aromatic rings. The van der Waals surface area contributed by atoms with Crippen molar-refractivity contribution in [3.05, 3.63) is 29.8 Å². The van der Waals surface area contributed by atoms with E-state index in [-0.39, 0.29) is 0 Å². The molecule has 92 valence electrons. The lowest BCUT2D eigenvalue weighted by molar-refractivity contribution is 0.565. The molecule has 0 amide bonds. The molecule has 2 N–H and O–H groups in total. The van der Waals surface area contributed by atoms with Gasteiger partial charge in [0.05, 0.1) is 0 Å². The molecular formula is C15H22N2. The molecule has 1 saturated carbocycles. The van der Waals surface area contributed by atoms with Crippen molar-refractivity contribution < 1.29 is 0 Å². The van der Waals surface area contributed by atoms with E-state index in [9.17, 15) is 0 Å². The van der Waals surface area contributed by atoms with E-state index >= 15 is 0 Å². The summed E-state index contributed by atoms with van der Waals surface area (Å²) in [6.45, 7) is 2.28. The highest BCUT2D eigenvalue weighted by Gasteiger charge is 2.21. The van der Waals surface area contributed by atoms with Crippen molar-refractivity contribution in [1.29, 1.82) is 0 Å². The molecule has 1 fully saturated rings. The number of hydrogen-bond acceptors (Lipinski definition) is 2. The van der Waals surface area contributed by atoms with Gasteiger partial charge in [-0.25, -0.2) is 0 Å². The standard InChI is InChI=1S/C15H22N2/c1-2-6-15-13(5-1)10-14(17-15)11-16-9-3-4-12-7-8-12/h1-2,5-6,12,14,16-17H,3-4,7-11H2. The average Bonchev–Trinajstić information content (AvgIpc) is 3.07. The van der Waals surface area contributed by atoms with E-state index in [0.29, 0.717) is 6.04 Å². The van der Waals surface area contributed by atoms with Gasteiger partial charge in [-0.05, 0) is 43.4 Å². The number of nitrogens with one attached hydrogen (secondary N) is 2. The first-order valence-electron chi connectivity index (χ1n) is 6.97. The highest BCUT2D eigenvalue weighted by Crippen LogP contribution is 2.33. The highest BCUT2D eigenvalue weighted by atomic mass is 15.0. The van der Waals surface area contributed by atoms with Crippen molar-refractivity contribution in [1.82, 2.24) is 5.32 Å². The quantitative estimate of drug-likeness (QED) is 0.734. The van der Waals surface area contributed by atoms with Crippen molar-refractivity contribution in [2.45, 2.75) is 38.1 Å². The summed E-state index contributed by atoms with van der Waals surface area (Å²) >= 11 is 0. The first kappa shape index (κ1) is 11.1. The Hall–Kier alpha value is -1.02. The smallest absolute Gasteiger partial charge is 0.0427 e. The van der Waals surface area contributed by atoms with Crippen LogP contribution in [0.4, 0.5) is 5.69 Å². The molecule has 1 aliphatic heterocycles. The van der Waals surface area contributed by atoms with Crippen LogP contribution < -0.4 is 10.6 Å². The van der Waals surface area contributed by atoms with Crippen LogP contribution in [-0.4, -0.2) is 19.1 Å². The summed E-state index contributed by atoms with van der Waals surface area (Å²) in [5, 5.41) is 7.17. The Kier molecular flexibility index (Phi) is 3.32. The van der Waals surface area contributed by atoms with Gasteiger partial charge in [0, 0.05) is 18.3 Å². The molecule has 2 aliphatic rings. The van der Waals surface area contributed by atoms with Crippen molar-refractivity contribution in [3.8, 4) is 0 Å². The third-order valence-electron chi connectivity index (χ3n) is 3.90. The van der Waals surface area contributed by atoms with Crippen LogP contribution in [0.5, 0.6) is 0 Å². The Morgan fingerprint density at radius 2 is 2.12 bits per heavy atom. The summed E-state index contributed by atoms with van der Waals surface area (Å²) in [4.78, 5) is 0. The van der Waals surface area contributed by atoms with Crippen LogP contribution in [0.3, 0.4) is 0 Å².